The topological polar surface area (TPSA) is 83.1 Å². The number of nitrogens with zero attached hydrogens (tertiary/aromatic N) is 1. The third kappa shape index (κ3) is 3.51. The largest absolute Gasteiger partial charge is 0.348 e. The van der Waals surface area contributed by atoms with Crippen LogP contribution >= 0.6 is 15.9 Å². The first-order valence-corrected chi connectivity index (χ1v) is 6.84. The molecule has 1 aliphatic heterocycles. The lowest BCUT2D eigenvalue weighted by Crippen LogP contribution is -2.51. The number of carbonyl (C=O) groups is 2. The number of carbonyl (C=O) groups excluding carboxylic acids is 2. The summed E-state index contributed by atoms with van der Waals surface area (Å²) in [5.41, 5.74) is 0. The van der Waals surface area contributed by atoms with Crippen molar-refractivity contribution in [2.75, 3.05) is 11.9 Å². The number of aromatic nitrogens is 1. The Hall–Kier alpha value is -1.54. The Morgan fingerprint density at radius 3 is 2.90 bits per heavy atom. The van der Waals surface area contributed by atoms with Crippen LogP contribution < -0.4 is 16.0 Å². The average molecular weight is 345 g/mol. The summed E-state index contributed by atoms with van der Waals surface area (Å²) in [6.45, 7) is 1.31. The fourth-order valence-electron chi connectivity index (χ4n) is 2.05. The zero-order valence-corrected chi connectivity index (χ0v) is 12.3. The van der Waals surface area contributed by atoms with Crippen molar-refractivity contribution in [2.45, 2.75) is 25.2 Å². The van der Waals surface area contributed by atoms with E-state index in [0.717, 1.165) is 0 Å². The summed E-state index contributed by atoms with van der Waals surface area (Å²) >= 11 is 3.19. The lowest BCUT2D eigenvalue weighted by atomic mass is 10.1. The number of pyridine rings is 1. The number of anilines is 1. The summed E-state index contributed by atoms with van der Waals surface area (Å²) in [4.78, 5) is 27.2. The van der Waals surface area contributed by atoms with Crippen LogP contribution in [0.25, 0.3) is 0 Å². The van der Waals surface area contributed by atoms with Crippen molar-refractivity contribution in [2.24, 2.45) is 0 Å². The lowest BCUT2D eigenvalue weighted by Gasteiger charge is -2.20. The molecule has 1 aromatic heterocycles. The van der Waals surface area contributed by atoms with E-state index in [4.69, 9.17) is 0 Å². The van der Waals surface area contributed by atoms with Crippen LogP contribution in [0.3, 0.4) is 0 Å². The van der Waals surface area contributed by atoms with E-state index < -0.39 is 24.2 Å². The first-order chi connectivity index (χ1) is 9.47. The minimum Gasteiger partial charge on any atom is -0.348 e. The van der Waals surface area contributed by atoms with Gasteiger partial charge in [0.25, 0.3) is 0 Å². The average Bonchev–Trinajstić information content (AvgIpc) is 2.70. The normalized spacial score (nSPS) is 25.2. The molecule has 8 heteroatoms. The van der Waals surface area contributed by atoms with Crippen LogP contribution in [-0.4, -0.2) is 41.6 Å². The van der Waals surface area contributed by atoms with Gasteiger partial charge in [-0.15, -0.1) is 0 Å². The molecule has 2 heterocycles. The highest BCUT2D eigenvalue weighted by Gasteiger charge is 2.41. The van der Waals surface area contributed by atoms with E-state index in [2.05, 4.69) is 36.9 Å². The maximum Gasteiger partial charge on any atom is 0.244 e. The monoisotopic (exact) mass is 344 g/mol. The minimum atomic E-state index is -1.30. The van der Waals surface area contributed by atoms with Gasteiger partial charge in [-0.2, -0.15) is 0 Å². The van der Waals surface area contributed by atoms with Gasteiger partial charge in [0.1, 0.15) is 22.6 Å². The van der Waals surface area contributed by atoms with Crippen LogP contribution in [0.4, 0.5) is 10.2 Å². The molecule has 3 atom stereocenters. The molecule has 2 rings (SSSR count). The fourth-order valence-corrected chi connectivity index (χ4v) is 2.39. The Kier molecular flexibility index (Phi) is 4.66. The third-order valence-corrected chi connectivity index (χ3v) is 3.34. The van der Waals surface area contributed by atoms with Crippen LogP contribution in [0, 0.1) is 0 Å². The molecule has 1 aliphatic rings. The number of halogens is 2. The van der Waals surface area contributed by atoms with Crippen molar-refractivity contribution in [3.05, 3.63) is 22.8 Å². The second kappa shape index (κ2) is 6.27. The summed E-state index contributed by atoms with van der Waals surface area (Å²) in [5.74, 6) is -0.454. The SMILES string of the molecule is CC(=O)N[C@H]1[C@@H](C(=O)Nc2cccc(Br)n2)NC[C@@H]1F. The van der Waals surface area contributed by atoms with Crippen LogP contribution in [-0.2, 0) is 9.59 Å². The molecule has 1 fully saturated rings. The van der Waals surface area contributed by atoms with Gasteiger partial charge in [0.05, 0.1) is 6.04 Å². The Morgan fingerprint density at radius 2 is 2.25 bits per heavy atom. The van der Waals surface area contributed by atoms with Crippen molar-refractivity contribution in [1.29, 1.82) is 0 Å². The Morgan fingerprint density at radius 1 is 1.50 bits per heavy atom. The van der Waals surface area contributed by atoms with E-state index in [1.165, 1.54) is 6.92 Å². The highest BCUT2D eigenvalue weighted by Crippen LogP contribution is 2.15. The molecule has 0 unspecified atom stereocenters. The Balaban J connectivity index is 2.06. The van der Waals surface area contributed by atoms with Crippen LogP contribution in [0.1, 0.15) is 6.92 Å². The molecule has 3 N–H and O–H groups in total. The molecular weight excluding hydrogens is 331 g/mol. The molecule has 0 spiro atoms. The second-order valence-electron chi connectivity index (χ2n) is 4.46. The molecule has 1 aromatic rings. The predicted octanol–water partition coefficient (Wildman–Crippen LogP) is 0.597. The minimum absolute atomic E-state index is 0.0228. The number of hydrogen-bond acceptors (Lipinski definition) is 4. The number of hydrogen-bond donors (Lipinski definition) is 3. The van der Waals surface area contributed by atoms with Crippen LogP contribution in [0.2, 0.25) is 0 Å². The standard InChI is InChI=1S/C12H14BrFN4O2/c1-6(19)16-10-7(14)5-15-11(10)12(20)18-9-4-2-3-8(13)17-9/h2-4,7,10-11,15H,5H2,1H3,(H,16,19)(H,17,18,20)/t7-,10+,11-/m0/s1. The number of amides is 2. The number of nitrogens with one attached hydrogen (secondary N) is 3. The molecule has 1 saturated heterocycles. The summed E-state index contributed by atoms with van der Waals surface area (Å²) in [6.07, 6.45) is -1.30. The van der Waals surface area contributed by atoms with Crippen molar-refractivity contribution in [1.82, 2.24) is 15.6 Å². The Bertz CT molecular complexity index is 528. The first kappa shape index (κ1) is 14.9. The third-order valence-electron chi connectivity index (χ3n) is 2.90. The molecule has 108 valence electrons. The van der Waals surface area contributed by atoms with E-state index in [9.17, 15) is 14.0 Å². The molecular formula is C12H14BrFN4O2. The quantitative estimate of drug-likeness (QED) is 0.701. The van der Waals surface area contributed by atoms with Crippen LogP contribution in [0.15, 0.2) is 22.8 Å². The smallest absolute Gasteiger partial charge is 0.244 e. The lowest BCUT2D eigenvalue weighted by molar-refractivity contribution is -0.121. The first-order valence-electron chi connectivity index (χ1n) is 6.05. The van der Waals surface area contributed by atoms with Crippen molar-refractivity contribution in [3.8, 4) is 0 Å². The van der Waals surface area contributed by atoms with Crippen molar-refractivity contribution >= 4 is 33.6 Å². The highest BCUT2D eigenvalue weighted by molar-refractivity contribution is 9.10. The second-order valence-corrected chi connectivity index (χ2v) is 5.28. The van der Waals surface area contributed by atoms with Gasteiger partial charge >= 0.3 is 0 Å². The van der Waals surface area contributed by atoms with E-state index in [1.54, 1.807) is 18.2 Å². The highest BCUT2D eigenvalue weighted by atomic mass is 79.9. The van der Waals surface area contributed by atoms with Gasteiger partial charge in [0.2, 0.25) is 11.8 Å². The van der Waals surface area contributed by atoms with Gasteiger partial charge in [-0.25, -0.2) is 9.37 Å². The van der Waals surface area contributed by atoms with Gasteiger partial charge in [-0.05, 0) is 28.1 Å². The molecule has 0 aromatic carbocycles. The van der Waals surface area contributed by atoms with Crippen molar-refractivity contribution in [3.63, 3.8) is 0 Å². The van der Waals surface area contributed by atoms with Gasteiger partial charge < -0.3 is 16.0 Å². The Labute approximate surface area is 123 Å². The number of rotatable bonds is 3. The van der Waals surface area contributed by atoms with Gasteiger partial charge in [0, 0.05) is 13.5 Å². The van der Waals surface area contributed by atoms with E-state index >= 15 is 0 Å². The van der Waals surface area contributed by atoms with Crippen LogP contribution in [0.5, 0.6) is 0 Å². The predicted molar refractivity (Wildman–Crippen MR) is 74.9 cm³/mol. The zero-order chi connectivity index (χ0) is 14.7. The maximum absolute atomic E-state index is 13.7. The summed E-state index contributed by atoms with van der Waals surface area (Å²) in [5, 5.41) is 7.80. The molecule has 0 aliphatic carbocycles. The summed E-state index contributed by atoms with van der Waals surface area (Å²) < 4.78 is 14.3. The fraction of sp³-hybridized carbons (Fsp3) is 0.417. The molecule has 6 nitrogen and oxygen atoms in total. The van der Waals surface area contributed by atoms with Gasteiger partial charge in [0.15, 0.2) is 0 Å². The van der Waals surface area contributed by atoms with Crippen molar-refractivity contribution < 1.29 is 14.0 Å². The summed E-state index contributed by atoms with van der Waals surface area (Å²) in [7, 11) is 0. The van der Waals surface area contributed by atoms with E-state index in [0.29, 0.717) is 10.4 Å². The van der Waals surface area contributed by atoms with Gasteiger partial charge in [-0.3, -0.25) is 9.59 Å². The molecule has 0 radical (unpaired) electrons. The summed E-state index contributed by atoms with van der Waals surface area (Å²) in [6, 6.07) is 3.37. The molecule has 2 amide bonds. The molecule has 0 saturated carbocycles. The van der Waals surface area contributed by atoms with E-state index in [-0.39, 0.29) is 12.5 Å². The van der Waals surface area contributed by atoms with E-state index in [1.807, 2.05) is 0 Å². The van der Waals surface area contributed by atoms with Gasteiger partial charge in [-0.1, -0.05) is 6.07 Å². The zero-order valence-electron chi connectivity index (χ0n) is 10.7. The molecule has 20 heavy (non-hydrogen) atoms. The molecule has 0 bridgehead atoms. The number of alkyl halides is 1. The maximum atomic E-state index is 13.7.